The quantitative estimate of drug-likeness (QED) is 0.430. The van der Waals surface area contributed by atoms with Crippen LogP contribution in [-0.4, -0.2) is 6.26 Å². The molecule has 0 fully saturated rings. The fourth-order valence-electron chi connectivity index (χ4n) is 0. The van der Waals surface area contributed by atoms with Gasteiger partial charge >= 0.3 is 0 Å². The van der Waals surface area contributed by atoms with Gasteiger partial charge in [0.2, 0.25) is 0 Å². The van der Waals surface area contributed by atoms with Crippen LogP contribution in [0, 0.1) is 0 Å². The maximum atomic E-state index is 10.2. The maximum Gasteiger partial charge on any atom is -0.0250 e. The monoisotopic (exact) mass is 191 g/mol. The Morgan fingerprint density at radius 3 is 1.71 bits per heavy atom. The third-order valence-electron chi connectivity index (χ3n) is 0.247. The lowest BCUT2D eigenvalue weighted by atomic mass is 12.0. The van der Waals surface area contributed by atoms with Gasteiger partial charge in [-0.3, -0.25) is 0 Å². The van der Waals surface area contributed by atoms with Crippen molar-refractivity contribution >= 4 is 48.1 Å². The lowest BCUT2D eigenvalue weighted by Gasteiger charge is -1.98. The lowest BCUT2D eigenvalue weighted by Crippen LogP contribution is -1.88. The molecule has 0 rings (SSSR count). The van der Waals surface area contributed by atoms with E-state index in [0.717, 1.165) is 0 Å². The minimum Gasteiger partial charge on any atom is -0.441 e. The summed E-state index contributed by atoms with van der Waals surface area (Å²) in [7, 11) is -1.39. The highest BCUT2D eigenvalue weighted by atomic mass is 33.6. The van der Waals surface area contributed by atoms with Gasteiger partial charge < -0.3 is 4.21 Å². The molecule has 0 unspecified atom stereocenters. The maximum absolute atomic E-state index is 10.2. The number of hydrogen-bond donors (Lipinski definition) is 0. The predicted molar refractivity (Wildman–Crippen MR) is 43.4 cm³/mol. The van der Waals surface area contributed by atoms with Crippen molar-refractivity contribution in [2.24, 2.45) is 0 Å². The Morgan fingerprint density at radius 2 is 1.71 bits per heavy atom. The van der Waals surface area contributed by atoms with Crippen LogP contribution in [0.3, 0.4) is 0 Å². The van der Waals surface area contributed by atoms with Gasteiger partial charge in [0.25, 0.3) is 0 Å². The molecule has 6 heteroatoms. The summed E-state index contributed by atoms with van der Waals surface area (Å²) >= 11 is 13.5. The summed E-state index contributed by atoms with van der Waals surface area (Å²) in [6.45, 7) is 0. The van der Waals surface area contributed by atoms with E-state index in [4.69, 9.17) is 0 Å². The number of hydrogen-bond acceptors (Lipinski definition) is 5. The molecule has 0 aliphatic carbocycles. The SMILES string of the molecule is CS(=S)(=S)[S-](=O)=S. The van der Waals surface area contributed by atoms with Crippen molar-refractivity contribution in [3.63, 3.8) is 0 Å². The molecule has 0 aliphatic rings. The van der Waals surface area contributed by atoms with Gasteiger partial charge in [-0.15, -0.1) is 14.6 Å². The van der Waals surface area contributed by atoms with E-state index < -0.39 is 14.6 Å². The highest BCUT2D eigenvalue weighted by molar-refractivity contribution is 8.97. The Labute approximate surface area is 58.4 Å². The molecule has 0 spiro atoms. The molecular formula is CH3OS5-. The molecule has 0 atom stereocenters. The zero-order valence-electron chi connectivity index (χ0n) is 3.45. The highest BCUT2D eigenvalue weighted by Crippen LogP contribution is 1.82. The van der Waals surface area contributed by atoms with Crippen LogP contribution in [0.25, 0.3) is 0 Å². The van der Waals surface area contributed by atoms with Crippen molar-refractivity contribution in [2.45, 2.75) is 0 Å². The van der Waals surface area contributed by atoms with E-state index in [9.17, 15) is 4.21 Å². The van der Waals surface area contributed by atoms with Gasteiger partial charge in [-0.05, 0) is 6.26 Å². The van der Waals surface area contributed by atoms with Crippen LogP contribution in [0.5, 0.6) is 0 Å². The first-order valence-corrected chi connectivity index (χ1v) is 7.72. The van der Waals surface area contributed by atoms with Crippen molar-refractivity contribution in [1.82, 2.24) is 0 Å². The van der Waals surface area contributed by atoms with Crippen molar-refractivity contribution < 1.29 is 4.21 Å². The molecule has 0 amide bonds. The highest BCUT2D eigenvalue weighted by Gasteiger charge is 1.72. The molecule has 0 aromatic rings. The Bertz CT molecular complexity index is 196. The van der Waals surface area contributed by atoms with Crippen LogP contribution in [-0.2, 0) is 52.3 Å². The molecule has 0 bridgehead atoms. The Hall–Kier alpha value is 1.16. The summed E-state index contributed by atoms with van der Waals surface area (Å²) in [5, 5.41) is 0. The molecule has 7 heavy (non-hydrogen) atoms. The smallest absolute Gasteiger partial charge is 0.0250 e. The average molecular weight is 191 g/mol. The Balaban J connectivity index is 4.82. The third kappa shape index (κ3) is 3.72. The summed E-state index contributed by atoms with van der Waals surface area (Å²) in [6, 6.07) is 0. The first-order valence-electron chi connectivity index (χ1n) is 1.24. The van der Waals surface area contributed by atoms with Gasteiger partial charge in [0.1, 0.15) is 0 Å². The van der Waals surface area contributed by atoms with Gasteiger partial charge in [-0.25, -0.2) is 11.2 Å². The van der Waals surface area contributed by atoms with Crippen molar-refractivity contribution in [1.29, 1.82) is 0 Å². The van der Waals surface area contributed by atoms with Crippen LogP contribution < -0.4 is 0 Å². The van der Waals surface area contributed by atoms with E-state index in [0.29, 0.717) is 0 Å². The third-order valence-corrected chi connectivity index (χ3v) is 8.45. The predicted octanol–water partition coefficient (Wildman–Crippen LogP) is 0.0347. The summed E-state index contributed by atoms with van der Waals surface area (Å²) in [5.74, 6) is 0. The molecule has 0 N–H and O–H groups in total. The minimum absolute atomic E-state index is 1.39. The van der Waals surface area contributed by atoms with Gasteiger partial charge in [0.05, 0.1) is 0 Å². The second-order valence-corrected chi connectivity index (χ2v) is 13.1. The largest absolute Gasteiger partial charge is 0.441 e. The van der Waals surface area contributed by atoms with Crippen molar-refractivity contribution in [2.75, 3.05) is 6.26 Å². The fourth-order valence-corrected chi connectivity index (χ4v) is 0. The van der Waals surface area contributed by atoms with Gasteiger partial charge in [-0.2, -0.15) is 0 Å². The summed E-state index contributed by atoms with van der Waals surface area (Å²) in [5.41, 5.74) is 0. The second-order valence-electron chi connectivity index (χ2n) is 0.908. The average Bonchev–Trinajstić information content (AvgIpc) is 1.31. The molecule has 0 aromatic carbocycles. The molecule has 0 aromatic heterocycles. The zero-order valence-corrected chi connectivity index (χ0v) is 7.53. The molecule has 0 heterocycles. The molecule has 0 aliphatic heterocycles. The van der Waals surface area contributed by atoms with Crippen LogP contribution in [0.4, 0.5) is 0 Å². The molecular weight excluding hydrogens is 188 g/mol. The number of rotatable bonds is 1. The molecule has 1 nitrogen and oxygen atoms in total. The molecule has 44 valence electrons. The van der Waals surface area contributed by atoms with Gasteiger partial charge in [-0.1, -0.05) is 22.4 Å². The van der Waals surface area contributed by atoms with Crippen molar-refractivity contribution in [3.05, 3.63) is 0 Å². The summed E-state index contributed by atoms with van der Waals surface area (Å²) < 4.78 is 10.2. The van der Waals surface area contributed by atoms with Gasteiger partial charge in [0.15, 0.2) is 0 Å². The normalized spacial score (nSPS) is 12.3. The van der Waals surface area contributed by atoms with E-state index >= 15 is 0 Å². The van der Waals surface area contributed by atoms with E-state index in [1.165, 1.54) is 0 Å². The minimum atomic E-state index is -1.79. The van der Waals surface area contributed by atoms with Crippen molar-refractivity contribution in [3.8, 4) is 0 Å². The fraction of sp³-hybridized carbons (Fsp3) is 1.00. The lowest BCUT2D eigenvalue weighted by molar-refractivity contribution is 0.610. The zero-order chi connectivity index (χ0) is 6.08. The first-order chi connectivity index (χ1) is 2.94. The molecule has 0 radical (unpaired) electrons. The van der Waals surface area contributed by atoms with Crippen LogP contribution in [0.1, 0.15) is 0 Å². The Morgan fingerprint density at radius 1 is 1.57 bits per heavy atom. The first kappa shape index (κ1) is 8.16. The van der Waals surface area contributed by atoms with E-state index in [2.05, 4.69) is 33.6 Å². The molecule has 0 saturated carbocycles. The second kappa shape index (κ2) is 2.63. The van der Waals surface area contributed by atoms with Gasteiger partial charge in [0, 0.05) is 0 Å². The molecule has 0 saturated heterocycles. The summed E-state index contributed by atoms with van der Waals surface area (Å²) in [4.78, 5) is 0. The van der Waals surface area contributed by atoms with Crippen LogP contribution >= 0.6 is 0 Å². The topological polar surface area (TPSA) is 17.1 Å². The van der Waals surface area contributed by atoms with Crippen LogP contribution in [0.2, 0.25) is 0 Å². The van der Waals surface area contributed by atoms with E-state index in [1.807, 2.05) is 0 Å². The van der Waals surface area contributed by atoms with E-state index in [1.54, 1.807) is 6.26 Å². The standard InChI is InChI=1S/CH3OS5/c1-7(4,5)6(2)3/h1H3/q-1. The van der Waals surface area contributed by atoms with E-state index in [-0.39, 0.29) is 0 Å². The Kier molecular flexibility index (Phi) is 3.07. The summed E-state index contributed by atoms with van der Waals surface area (Å²) in [6.07, 6.45) is -0.217. The van der Waals surface area contributed by atoms with Crippen LogP contribution in [0.15, 0.2) is 0 Å².